The molecular weight excluding hydrogens is 326 g/mol. The van der Waals surface area contributed by atoms with E-state index in [9.17, 15) is 9.59 Å². The molecule has 5 heteroatoms. The van der Waals surface area contributed by atoms with Gasteiger partial charge in [-0.25, -0.2) is 4.79 Å². The van der Waals surface area contributed by atoms with Gasteiger partial charge in [0.05, 0.1) is 0 Å². The van der Waals surface area contributed by atoms with Crippen molar-refractivity contribution in [2.45, 2.75) is 44.6 Å². The number of carbonyl (C=O) groups is 2. The van der Waals surface area contributed by atoms with Crippen LogP contribution in [0.3, 0.4) is 0 Å². The van der Waals surface area contributed by atoms with Crippen molar-refractivity contribution in [3.05, 3.63) is 65.2 Å². The number of benzene rings is 2. The number of rotatable bonds is 5. The van der Waals surface area contributed by atoms with Crippen molar-refractivity contribution in [3.63, 3.8) is 0 Å². The summed E-state index contributed by atoms with van der Waals surface area (Å²) in [5.41, 5.74) is 8.68. The highest BCUT2D eigenvalue weighted by molar-refractivity contribution is 5.94. The summed E-state index contributed by atoms with van der Waals surface area (Å²) in [6.45, 7) is 0.431. The van der Waals surface area contributed by atoms with Gasteiger partial charge in [-0.15, -0.1) is 0 Å². The van der Waals surface area contributed by atoms with Gasteiger partial charge in [0, 0.05) is 17.8 Å². The Balaban J connectivity index is 1.53. The summed E-state index contributed by atoms with van der Waals surface area (Å²) in [6, 6.07) is 14.6. The molecule has 0 heterocycles. The molecule has 0 radical (unpaired) electrons. The highest BCUT2D eigenvalue weighted by Gasteiger charge is 2.15. The molecule has 0 saturated heterocycles. The van der Waals surface area contributed by atoms with Gasteiger partial charge in [0.25, 0.3) is 5.91 Å². The van der Waals surface area contributed by atoms with Gasteiger partial charge in [-0.2, -0.15) is 0 Å². The Morgan fingerprint density at radius 1 is 0.923 bits per heavy atom. The molecule has 5 nitrogen and oxygen atoms in total. The predicted molar refractivity (Wildman–Crippen MR) is 103 cm³/mol. The van der Waals surface area contributed by atoms with Crippen molar-refractivity contribution in [2.75, 3.05) is 5.32 Å². The minimum absolute atomic E-state index is 0.0838. The molecule has 0 aliphatic heterocycles. The van der Waals surface area contributed by atoms with Crippen LogP contribution in [-0.4, -0.2) is 11.9 Å². The molecule has 2 aromatic rings. The minimum atomic E-state index is -0.595. The quantitative estimate of drug-likeness (QED) is 0.756. The Kier molecular flexibility index (Phi) is 5.89. The SMILES string of the molecule is NC(=O)Nc1ccc(CNC(=O)c2ccc(C3CCCCC3)cc2)cc1. The molecule has 1 fully saturated rings. The molecule has 2 aromatic carbocycles. The number of hydrogen-bond acceptors (Lipinski definition) is 2. The second kappa shape index (κ2) is 8.52. The van der Waals surface area contributed by atoms with Gasteiger partial charge in [-0.3, -0.25) is 4.79 Å². The first-order valence-corrected chi connectivity index (χ1v) is 9.15. The van der Waals surface area contributed by atoms with Gasteiger partial charge < -0.3 is 16.4 Å². The molecule has 1 aliphatic carbocycles. The molecule has 3 amide bonds. The van der Waals surface area contributed by atoms with E-state index in [2.05, 4.69) is 22.8 Å². The zero-order valence-electron chi connectivity index (χ0n) is 14.8. The van der Waals surface area contributed by atoms with E-state index < -0.39 is 6.03 Å². The standard InChI is InChI=1S/C21H25N3O2/c22-21(26)24-19-12-6-15(7-13-19)14-23-20(25)18-10-8-17(9-11-18)16-4-2-1-3-5-16/h6-13,16H,1-5,14H2,(H,23,25)(H3,22,24,26). The van der Waals surface area contributed by atoms with Gasteiger partial charge in [0.2, 0.25) is 0 Å². The van der Waals surface area contributed by atoms with Crippen LogP contribution >= 0.6 is 0 Å². The topological polar surface area (TPSA) is 84.2 Å². The van der Waals surface area contributed by atoms with E-state index in [-0.39, 0.29) is 5.91 Å². The fourth-order valence-corrected chi connectivity index (χ4v) is 3.48. The molecule has 0 aromatic heterocycles. The summed E-state index contributed by atoms with van der Waals surface area (Å²) in [7, 11) is 0. The third-order valence-corrected chi connectivity index (χ3v) is 4.92. The highest BCUT2D eigenvalue weighted by Crippen LogP contribution is 2.32. The van der Waals surface area contributed by atoms with Crippen molar-refractivity contribution in [2.24, 2.45) is 5.73 Å². The largest absolute Gasteiger partial charge is 0.351 e. The maximum atomic E-state index is 12.3. The number of nitrogens with one attached hydrogen (secondary N) is 2. The number of amides is 3. The van der Waals surface area contributed by atoms with Crippen LogP contribution in [0.1, 0.15) is 59.5 Å². The lowest BCUT2D eigenvalue weighted by atomic mass is 9.84. The van der Waals surface area contributed by atoms with Crippen LogP contribution < -0.4 is 16.4 Å². The van der Waals surface area contributed by atoms with Crippen molar-refractivity contribution in [1.29, 1.82) is 0 Å². The first-order chi connectivity index (χ1) is 12.6. The van der Waals surface area contributed by atoms with Crippen LogP contribution in [0.2, 0.25) is 0 Å². The fraction of sp³-hybridized carbons (Fsp3) is 0.333. The molecule has 1 aliphatic rings. The summed E-state index contributed by atoms with van der Waals surface area (Å²) in [5, 5.41) is 5.43. The van der Waals surface area contributed by atoms with Crippen molar-refractivity contribution >= 4 is 17.6 Å². The Hall–Kier alpha value is -2.82. The summed E-state index contributed by atoms with van der Waals surface area (Å²) >= 11 is 0. The molecule has 0 unspecified atom stereocenters. The number of urea groups is 1. The van der Waals surface area contributed by atoms with Gasteiger partial charge in [-0.1, -0.05) is 43.5 Å². The van der Waals surface area contributed by atoms with E-state index >= 15 is 0 Å². The summed E-state index contributed by atoms with van der Waals surface area (Å²) in [5.74, 6) is 0.563. The van der Waals surface area contributed by atoms with Crippen LogP contribution in [0.15, 0.2) is 48.5 Å². The minimum Gasteiger partial charge on any atom is -0.351 e. The number of hydrogen-bond donors (Lipinski definition) is 3. The smallest absolute Gasteiger partial charge is 0.316 e. The summed E-state index contributed by atoms with van der Waals surface area (Å²) < 4.78 is 0. The Bertz CT molecular complexity index is 748. The second-order valence-corrected chi connectivity index (χ2v) is 6.83. The zero-order valence-corrected chi connectivity index (χ0v) is 14.8. The number of carbonyl (C=O) groups excluding carboxylic acids is 2. The Labute approximate surface area is 154 Å². The molecule has 3 rings (SSSR count). The lowest BCUT2D eigenvalue weighted by molar-refractivity contribution is 0.0951. The maximum absolute atomic E-state index is 12.3. The first-order valence-electron chi connectivity index (χ1n) is 9.15. The van der Waals surface area contributed by atoms with E-state index in [0.29, 0.717) is 23.7 Å². The number of anilines is 1. The molecule has 26 heavy (non-hydrogen) atoms. The van der Waals surface area contributed by atoms with Crippen LogP contribution in [0.4, 0.5) is 10.5 Å². The lowest BCUT2D eigenvalue weighted by Crippen LogP contribution is -2.23. The van der Waals surface area contributed by atoms with Gasteiger partial charge in [0.15, 0.2) is 0 Å². The Morgan fingerprint density at radius 3 is 2.19 bits per heavy atom. The molecular formula is C21H25N3O2. The van der Waals surface area contributed by atoms with Crippen LogP contribution in [0, 0.1) is 0 Å². The van der Waals surface area contributed by atoms with E-state index in [4.69, 9.17) is 5.73 Å². The molecule has 0 spiro atoms. The normalized spacial score (nSPS) is 14.6. The van der Waals surface area contributed by atoms with E-state index in [1.165, 1.54) is 37.7 Å². The van der Waals surface area contributed by atoms with E-state index in [1.807, 2.05) is 24.3 Å². The van der Waals surface area contributed by atoms with Gasteiger partial charge in [0.1, 0.15) is 0 Å². The number of primary amides is 1. The van der Waals surface area contributed by atoms with Crippen molar-refractivity contribution < 1.29 is 9.59 Å². The van der Waals surface area contributed by atoms with Crippen LogP contribution in [0.5, 0.6) is 0 Å². The average Bonchev–Trinajstić information content (AvgIpc) is 2.67. The summed E-state index contributed by atoms with van der Waals surface area (Å²) in [6.07, 6.45) is 6.47. The van der Waals surface area contributed by atoms with Crippen LogP contribution in [-0.2, 0) is 6.54 Å². The maximum Gasteiger partial charge on any atom is 0.316 e. The predicted octanol–water partition coefficient (Wildman–Crippen LogP) is 4.15. The first kappa shape index (κ1) is 18.0. The van der Waals surface area contributed by atoms with Crippen molar-refractivity contribution in [3.8, 4) is 0 Å². The molecule has 0 atom stereocenters. The summed E-state index contributed by atoms with van der Waals surface area (Å²) in [4.78, 5) is 23.1. The monoisotopic (exact) mass is 351 g/mol. The highest BCUT2D eigenvalue weighted by atomic mass is 16.2. The fourth-order valence-electron chi connectivity index (χ4n) is 3.48. The number of nitrogens with two attached hydrogens (primary N) is 1. The third-order valence-electron chi connectivity index (χ3n) is 4.92. The van der Waals surface area contributed by atoms with Crippen LogP contribution in [0.25, 0.3) is 0 Å². The van der Waals surface area contributed by atoms with E-state index in [1.54, 1.807) is 12.1 Å². The molecule has 0 bridgehead atoms. The average molecular weight is 351 g/mol. The second-order valence-electron chi connectivity index (χ2n) is 6.83. The zero-order chi connectivity index (χ0) is 18.4. The van der Waals surface area contributed by atoms with Gasteiger partial charge >= 0.3 is 6.03 Å². The molecule has 4 N–H and O–H groups in total. The molecule has 136 valence electrons. The van der Waals surface area contributed by atoms with Gasteiger partial charge in [-0.05, 0) is 54.2 Å². The van der Waals surface area contributed by atoms with Crippen molar-refractivity contribution in [1.82, 2.24) is 5.32 Å². The van der Waals surface area contributed by atoms with E-state index in [0.717, 1.165) is 5.56 Å². The molecule has 1 saturated carbocycles. The Morgan fingerprint density at radius 2 is 1.58 bits per heavy atom. The lowest BCUT2D eigenvalue weighted by Gasteiger charge is -2.22. The third kappa shape index (κ3) is 4.85.